The zero-order chi connectivity index (χ0) is 31.0. The fourth-order valence-corrected chi connectivity index (χ4v) is 6.32. The molecule has 2 aliphatic rings. The molecule has 3 aromatic rings. The molecule has 2 saturated heterocycles. The van der Waals surface area contributed by atoms with Gasteiger partial charge in [-0.05, 0) is 24.5 Å². The average Bonchev–Trinajstić information content (AvgIpc) is 3.48. The monoisotopic (exact) mass is 620 g/mol. The van der Waals surface area contributed by atoms with Crippen molar-refractivity contribution in [1.29, 1.82) is 0 Å². The van der Waals surface area contributed by atoms with Crippen LogP contribution in [0.1, 0.15) is 40.3 Å². The number of methoxy groups -OCH3 is 1. The third-order valence-electron chi connectivity index (χ3n) is 7.02. The Morgan fingerprint density at radius 3 is 2.65 bits per heavy atom. The maximum Gasteiger partial charge on any atom is 0.459 e. The van der Waals surface area contributed by atoms with E-state index in [1.807, 2.05) is 20.8 Å². The van der Waals surface area contributed by atoms with Gasteiger partial charge in [-0.15, -0.1) is 0 Å². The third-order valence-corrected chi connectivity index (χ3v) is 8.66. The van der Waals surface area contributed by atoms with Gasteiger partial charge in [-0.1, -0.05) is 39.0 Å². The summed E-state index contributed by atoms with van der Waals surface area (Å²) in [4.78, 5) is 25.4. The quantitative estimate of drug-likeness (QED) is 0.209. The lowest BCUT2D eigenvalue weighted by Crippen LogP contribution is -2.56. The normalized spacial score (nSPS) is 25.7. The Kier molecular flexibility index (Phi) is 8.67. The average molecular weight is 621 g/mol. The van der Waals surface area contributed by atoms with Crippen LogP contribution in [0.3, 0.4) is 0 Å². The number of anilines is 1. The topological polar surface area (TPSA) is 191 Å². The smallest absolute Gasteiger partial charge is 0.459 e. The molecule has 16 heteroatoms. The molecule has 5 rings (SSSR count). The number of esters is 1. The summed E-state index contributed by atoms with van der Waals surface area (Å²) in [6.07, 6.45) is -1.16. The summed E-state index contributed by atoms with van der Waals surface area (Å²) in [5.41, 5.74) is 5.14. The summed E-state index contributed by atoms with van der Waals surface area (Å²) < 4.78 is 50.0. The van der Waals surface area contributed by atoms with E-state index in [0.717, 1.165) is 0 Å². The van der Waals surface area contributed by atoms with E-state index < -0.39 is 43.8 Å². The van der Waals surface area contributed by atoms with Crippen LogP contribution in [0, 0.1) is 5.41 Å². The Labute approximate surface area is 248 Å². The molecule has 2 aromatic heterocycles. The molecule has 1 aromatic carbocycles. The first-order chi connectivity index (χ1) is 20.3. The van der Waals surface area contributed by atoms with Crippen LogP contribution >= 0.6 is 7.75 Å². The van der Waals surface area contributed by atoms with Gasteiger partial charge in [-0.25, -0.2) is 9.55 Å². The number of nitrogens with two attached hydrogens (primary N) is 1. The molecule has 0 saturated carbocycles. The number of carbonyl (C=O) groups is 1. The predicted molar refractivity (Wildman–Crippen MR) is 153 cm³/mol. The molecule has 43 heavy (non-hydrogen) atoms. The number of nitrogen functional groups attached to an aromatic ring is 1. The highest BCUT2D eigenvalue weighted by molar-refractivity contribution is 7.52. The first-order valence-electron chi connectivity index (χ1n) is 13.8. The number of carbonyl (C=O) groups excluding carboxylic acids is 1. The molecule has 2 fully saturated rings. The number of nitrogens with one attached hydrogen (secondary N) is 1. The predicted octanol–water partition coefficient (Wildman–Crippen LogP) is 2.61. The molecule has 234 valence electrons. The summed E-state index contributed by atoms with van der Waals surface area (Å²) in [6, 6.07) is 7.33. The molecule has 1 spiro atoms. The molecule has 0 radical (unpaired) electrons. The van der Waals surface area contributed by atoms with Crippen LogP contribution in [0.4, 0.5) is 5.95 Å². The number of para-hydroxylation sites is 1. The van der Waals surface area contributed by atoms with E-state index in [0.29, 0.717) is 24.2 Å². The first kappa shape index (κ1) is 31.1. The highest BCUT2D eigenvalue weighted by Gasteiger charge is 2.62. The molecule has 2 aliphatic heterocycles. The van der Waals surface area contributed by atoms with E-state index in [-0.39, 0.29) is 36.2 Å². The number of benzene rings is 1. The Bertz CT molecular complexity index is 1490. The van der Waals surface area contributed by atoms with Crippen LogP contribution in [-0.2, 0) is 28.1 Å². The number of hydrogen-bond acceptors (Lipinski definition) is 13. The second-order valence-electron chi connectivity index (χ2n) is 11.7. The maximum absolute atomic E-state index is 14.0. The molecule has 4 N–H and O–H groups in total. The van der Waals surface area contributed by atoms with Gasteiger partial charge >= 0.3 is 13.7 Å². The number of nitrogens with zero attached hydrogens (tertiary/aromatic N) is 4. The van der Waals surface area contributed by atoms with Crippen molar-refractivity contribution in [3.63, 3.8) is 0 Å². The van der Waals surface area contributed by atoms with Gasteiger partial charge in [0.2, 0.25) is 11.8 Å². The van der Waals surface area contributed by atoms with E-state index in [2.05, 4.69) is 20.0 Å². The molecule has 0 bridgehead atoms. The van der Waals surface area contributed by atoms with Crippen LogP contribution in [0.2, 0.25) is 0 Å². The van der Waals surface area contributed by atoms with Gasteiger partial charge in [0.1, 0.15) is 29.6 Å². The molecule has 4 heterocycles. The minimum atomic E-state index is -4.22. The van der Waals surface area contributed by atoms with Crippen molar-refractivity contribution in [2.24, 2.45) is 5.41 Å². The van der Waals surface area contributed by atoms with Gasteiger partial charge in [0, 0.05) is 6.42 Å². The third kappa shape index (κ3) is 6.47. The number of ether oxygens (including phenoxy) is 4. The van der Waals surface area contributed by atoms with Gasteiger partial charge in [0.15, 0.2) is 17.4 Å². The number of aliphatic hydroxyl groups is 1. The van der Waals surface area contributed by atoms with Gasteiger partial charge in [-0.2, -0.15) is 15.1 Å². The minimum absolute atomic E-state index is 0.0340. The molecule has 0 aliphatic carbocycles. The molecule has 15 nitrogen and oxygen atoms in total. The lowest BCUT2D eigenvalue weighted by molar-refractivity contribution is -0.225. The molecule has 0 amide bonds. The van der Waals surface area contributed by atoms with Crippen molar-refractivity contribution >= 4 is 30.8 Å². The fourth-order valence-electron chi connectivity index (χ4n) is 4.82. The molecule has 0 unspecified atom stereocenters. The van der Waals surface area contributed by atoms with Crippen LogP contribution in [0.25, 0.3) is 11.2 Å². The first-order valence-corrected chi connectivity index (χ1v) is 15.3. The number of hydrogen-bond donors (Lipinski definition) is 3. The Morgan fingerprint density at radius 1 is 1.30 bits per heavy atom. The molecule has 6 atom stereocenters. The van der Waals surface area contributed by atoms with E-state index in [1.54, 1.807) is 34.9 Å². The van der Waals surface area contributed by atoms with Crippen molar-refractivity contribution in [3.8, 4) is 11.6 Å². The van der Waals surface area contributed by atoms with Crippen molar-refractivity contribution < 1.29 is 42.5 Å². The molecular formula is C27H37N6O9P. The molecular weight excluding hydrogens is 583 g/mol. The second kappa shape index (κ2) is 12.0. The summed E-state index contributed by atoms with van der Waals surface area (Å²) in [5, 5.41) is 14.0. The van der Waals surface area contributed by atoms with Crippen LogP contribution < -0.4 is 20.1 Å². The van der Waals surface area contributed by atoms with Crippen molar-refractivity contribution in [2.45, 2.75) is 64.2 Å². The summed E-state index contributed by atoms with van der Waals surface area (Å²) in [7, 11) is -2.78. The maximum atomic E-state index is 14.0. The van der Waals surface area contributed by atoms with Crippen LogP contribution in [0.5, 0.6) is 11.6 Å². The highest BCUT2D eigenvalue weighted by atomic mass is 31.2. The minimum Gasteiger partial charge on any atom is -0.479 e. The lowest BCUT2D eigenvalue weighted by atomic mass is 9.86. The van der Waals surface area contributed by atoms with Crippen molar-refractivity contribution in [3.05, 3.63) is 36.7 Å². The summed E-state index contributed by atoms with van der Waals surface area (Å²) >= 11 is 0. The van der Waals surface area contributed by atoms with Crippen LogP contribution in [0.15, 0.2) is 36.7 Å². The zero-order valence-electron chi connectivity index (χ0n) is 24.6. The van der Waals surface area contributed by atoms with Crippen LogP contribution in [-0.4, -0.2) is 81.4 Å². The Morgan fingerprint density at radius 2 is 2.02 bits per heavy atom. The summed E-state index contributed by atoms with van der Waals surface area (Å²) in [5.74, 6) is -0.232. The lowest BCUT2D eigenvalue weighted by Gasteiger charge is -2.44. The number of aromatic nitrogens is 4. The largest absolute Gasteiger partial charge is 0.479 e. The van der Waals surface area contributed by atoms with E-state index >= 15 is 0 Å². The highest BCUT2D eigenvalue weighted by Crippen LogP contribution is 2.51. The zero-order valence-corrected chi connectivity index (χ0v) is 25.5. The second-order valence-corrected chi connectivity index (χ2v) is 13.4. The number of fused-ring (bicyclic) bond motifs is 1. The number of aliphatic hydroxyl groups excluding tert-OH is 1. The van der Waals surface area contributed by atoms with Gasteiger partial charge in [-0.3, -0.25) is 13.9 Å². The standard InChI is InChI=1S/C27H37N6O9P/c1-16(23(35)38-14-26(2,3)4)32-43(36,42-17-9-7-6-8-10-17)40-13-18-20(34)27(11-12-39-27)24(41-18)33-15-29-19-21(33)30-25(28)31-22(19)37-5/h6-10,15-16,18,20,24,34H,11-14H2,1-5H3,(H,32,36)(H2,28,30,31)/t16-,18+,20+,24+,27+,43-/m0/s1. The van der Waals surface area contributed by atoms with Gasteiger partial charge < -0.3 is 34.3 Å². The van der Waals surface area contributed by atoms with Crippen molar-refractivity contribution in [1.82, 2.24) is 24.6 Å². The van der Waals surface area contributed by atoms with Gasteiger partial charge in [0.25, 0.3) is 0 Å². The van der Waals surface area contributed by atoms with Crippen molar-refractivity contribution in [2.75, 3.05) is 32.7 Å². The van der Waals surface area contributed by atoms with E-state index in [1.165, 1.54) is 20.4 Å². The number of imidazole rings is 1. The number of rotatable bonds is 11. The van der Waals surface area contributed by atoms with E-state index in [9.17, 15) is 14.5 Å². The Balaban J connectivity index is 1.36. The SMILES string of the molecule is COc1nc(N)nc2c1ncn2[C@@H]1O[C@H](CO[P@@](=O)(N[C@@H](C)C(=O)OCC(C)(C)C)Oc2ccccc2)[C@@H](O)[C@]12CCO2. The van der Waals surface area contributed by atoms with E-state index in [4.69, 9.17) is 33.7 Å². The summed E-state index contributed by atoms with van der Waals surface area (Å²) in [6.45, 7) is 7.45. The fraction of sp³-hybridized carbons (Fsp3) is 0.556. The Hall–Kier alpha value is -3.33. The van der Waals surface area contributed by atoms with Gasteiger partial charge in [0.05, 0.1) is 33.3 Å².